The van der Waals surface area contributed by atoms with Crippen molar-refractivity contribution >= 4 is 15.9 Å². The van der Waals surface area contributed by atoms with Crippen LogP contribution in [-0.4, -0.2) is 54.7 Å². The van der Waals surface area contributed by atoms with Crippen LogP contribution in [0.5, 0.6) is 0 Å². The average Bonchev–Trinajstić information content (AvgIpc) is 2.42. The normalized spacial score (nSPS) is 24.3. The SMILES string of the molecule is CN(C)[C@@H]1CCN(Cc2ccc(F)c(Br)c2)C[C@@H]1CO. The zero-order valence-electron chi connectivity index (χ0n) is 12.0. The summed E-state index contributed by atoms with van der Waals surface area (Å²) in [7, 11) is 4.14. The number of rotatable bonds is 4. The molecule has 1 aromatic carbocycles. The molecule has 1 heterocycles. The van der Waals surface area contributed by atoms with Gasteiger partial charge in [-0.25, -0.2) is 4.39 Å². The van der Waals surface area contributed by atoms with Crippen molar-refractivity contribution in [3.8, 4) is 0 Å². The van der Waals surface area contributed by atoms with Crippen LogP contribution in [0.1, 0.15) is 12.0 Å². The van der Waals surface area contributed by atoms with E-state index in [0.29, 0.717) is 10.5 Å². The van der Waals surface area contributed by atoms with Gasteiger partial charge in [0.2, 0.25) is 0 Å². The third kappa shape index (κ3) is 3.79. The lowest BCUT2D eigenvalue weighted by Gasteiger charge is -2.40. The Bertz CT molecular complexity index is 455. The fourth-order valence-electron chi connectivity index (χ4n) is 2.99. The maximum absolute atomic E-state index is 13.2. The molecule has 20 heavy (non-hydrogen) atoms. The molecule has 112 valence electrons. The molecule has 1 fully saturated rings. The van der Waals surface area contributed by atoms with Crippen LogP contribution in [0.3, 0.4) is 0 Å². The number of piperidine rings is 1. The van der Waals surface area contributed by atoms with Gasteiger partial charge in [-0.1, -0.05) is 6.07 Å². The van der Waals surface area contributed by atoms with Crippen LogP contribution in [-0.2, 0) is 6.54 Å². The maximum Gasteiger partial charge on any atom is 0.137 e. The highest BCUT2D eigenvalue weighted by Crippen LogP contribution is 2.23. The number of nitrogens with zero attached hydrogens (tertiary/aromatic N) is 2. The van der Waals surface area contributed by atoms with Gasteiger partial charge in [-0.2, -0.15) is 0 Å². The van der Waals surface area contributed by atoms with Gasteiger partial charge in [0.1, 0.15) is 5.82 Å². The summed E-state index contributed by atoms with van der Waals surface area (Å²) in [6.07, 6.45) is 1.06. The number of hydrogen-bond acceptors (Lipinski definition) is 3. The van der Waals surface area contributed by atoms with E-state index in [1.165, 1.54) is 6.07 Å². The van der Waals surface area contributed by atoms with E-state index in [1.807, 2.05) is 12.1 Å². The van der Waals surface area contributed by atoms with Gasteiger partial charge in [0, 0.05) is 31.7 Å². The summed E-state index contributed by atoms with van der Waals surface area (Å²) in [5.74, 6) is 0.0518. The molecule has 0 spiro atoms. The summed E-state index contributed by atoms with van der Waals surface area (Å²) in [6, 6.07) is 5.60. The molecule has 0 aliphatic carbocycles. The predicted octanol–water partition coefficient (Wildman–Crippen LogP) is 2.33. The second-order valence-corrected chi connectivity index (χ2v) is 6.60. The summed E-state index contributed by atoms with van der Waals surface area (Å²) >= 11 is 3.22. The molecule has 1 saturated heterocycles. The standard InChI is InChI=1S/C15H22BrFN2O/c1-18(2)15-5-6-19(9-12(15)10-20)8-11-3-4-14(17)13(16)7-11/h3-4,7,12,15,20H,5-6,8-10H2,1-2H3/t12-,15-/m1/s1. The largest absolute Gasteiger partial charge is 0.396 e. The number of likely N-dealkylation sites (tertiary alicyclic amines) is 1. The van der Waals surface area contributed by atoms with Crippen LogP contribution in [0.25, 0.3) is 0 Å². The fraction of sp³-hybridized carbons (Fsp3) is 0.600. The molecule has 0 amide bonds. The first-order chi connectivity index (χ1) is 9.51. The van der Waals surface area contributed by atoms with E-state index < -0.39 is 0 Å². The van der Waals surface area contributed by atoms with Crippen molar-refractivity contribution in [3.63, 3.8) is 0 Å². The Morgan fingerprint density at radius 3 is 2.80 bits per heavy atom. The number of aliphatic hydroxyl groups excluding tert-OH is 1. The minimum atomic E-state index is -0.228. The number of hydrogen-bond donors (Lipinski definition) is 1. The smallest absolute Gasteiger partial charge is 0.137 e. The summed E-state index contributed by atoms with van der Waals surface area (Å²) in [4.78, 5) is 4.53. The topological polar surface area (TPSA) is 26.7 Å². The molecule has 1 aliphatic rings. The second kappa shape index (κ2) is 6.98. The van der Waals surface area contributed by atoms with Crippen LogP contribution >= 0.6 is 15.9 Å². The number of aliphatic hydroxyl groups is 1. The van der Waals surface area contributed by atoms with Crippen LogP contribution in [0.15, 0.2) is 22.7 Å². The summed E-state index contributed by atoms with van der Waals surface area (Å²) in [5, 5.41) is 9.56. The third-order valence-corrected chi connectivity index (χ3v) is 4.67. The lowest BCUT2D eigenvalue weighted by Crippen LogP contribution is -2.49. The highest BCUT2D eigenvalue weighted by atomic mass is 79.9. The van der Waals surface area contributed by atoms with Gasteiger partial charge in [0.05, 0.1) is 4.47 Å². The van der Waals surface area contributed by atoms with E-state index >= 15 is 0 Å². The van der Waals surface area contributed by atoms with Crippen molar-refractivity contribution in [2.45, 2.75) is 19.0 Å². The van der Waals surface area contributed by atoms with Crippen LogP contribution in [0, 0.1) is 11.7 Å². The molecule has 1 N–H and O–H groups in total. The molecular weight excluding hydrogens is 323 g/mol. The van der Waals surface area contributed by atoms with Crippen molar-refractivity contribution in [1.29, 1.82) is 0 Å². The monoisotopic (exact) mass is 344 g/mol. The molecular formula is C15H22BrFN2O. The van der Waals surface area contributed by atoms with E-state index in [9.17, 15) is 9.50 Å². The van der Waals surface area contributed by atoms with Gasteiger partial charge >= 0.3 is 0 Å². The Kier molecular flexibility index (Phi) is 5.55. The molecule has 0 radical (unpaired) electrons. The highest BCUT2D eigenvalue weighted by molar-refractivity contribution is 9.10. The molecule has 1 aliphatic heterocycles. The van der Waals surface area contributed by atoms with Crippen LogP contribution < -0.4 is 0 Å². The van der Waals surface area contributed by atoms with Gasteiger partial charge in [-0.3, -0.25) is 4.90 Å². The Hall–Kier alpha value is -0.490. The van der Waals surface area contributed by atoms with E-state index in [-0.39, 0.29) is 18.3 Å². The minimum Gasteiger partial charge on any atom is -0.396 e. The van der Waals surface area contributed by atoms with Crippen LogP contribution in [0.2, 0.25) is 0 Å². The number of benzene rings is 1. The third-order valence-electron chi connectivity index (χ3n) is 4.07. The summed E-state index contributed by atoms with van der Waals surface area (Å²) in [6.45, 7) is 2.91. The van der Waals surface area contributed by atoms with Crippen molar-refractivity contribution in [2.24, 2.45) is 5.92 Å². The first-order valence-corrected chi connectivity index (χ1v) is 7.74. The van der Waals surface area contributed by atoms with Gasteiger partial charge in [-0.05, 0) is 60.7 Å². The predicted molar refractivity (Wildman–Crippen MR) is 82.0 cm³/mol. The number of halogens is 2. The Balaban J connectivity index is 1.99. The van der Waals surface area contributed by atoms with E-state index in [0.717, 1.165) is 31.6 Å². The summed E-state index contributed by atoms with van der Waals surface area (Å²) in [5.41, 5.74) is 1.10. The van der Waals surface area contributed by atoms with Crippen molar-refractivity contribution in [3.05, 3.63) is 34.1 Å². The lowest BCUT2D eigenvalue weighted by molar-refractivity contribution is 0.0454. The maximum atomic E-state index is 13.2. The minimum absolute atomic E-state index is 0.215. The highest BCUT2D eigenvalue weighted by Gasteiger charge is 2.29. The van der Waals surface area contributed by atoms with Crippen molar-refractivity contribution in [2.75, 3.05) is 33.8 Å². The van der Waals surface area contributed by atoms with Gasteiger partial charge in [-0.15, -0.1) is 0 Å². The molecule has 1 aromatic rings. The zero-order valence-corrected chi connectivity index (χ0v) is 13.6. The lowest BCUT2D eigenvalue weighted by atomic mass is 9.91. The molecule has 2 rings (SSSR count). The van der Waals surface area contributed by atoms with E-state index in [4.69, 9.17) is 0 Å². The molecule has 0 unspecified atom stereocenters. The molecule has 2 atom stereocenters. The second-order valence-electron chi connectivity index (χ2n) is 5.75. The van der Waals surface area contributed by atoms with Crippen molar-refractivity contribution in [1.82, 2.24) is 9.80 Å². The Morgan fingerprint density at radius 1 is 1.45 bits per heavy atom. The Labute approximate surface area is 128 Å². The first-order valence-electron chi connectivity index (χ1n) is 6.95. The van der Waals surface area contributed by atoms with Crippen LogP contribution in [0.4, 0.5) is 4.39 Å². The van der Waals surface area contributed by atoms with E-state index in [1.54, 1.807) is 0 Å². The summed E-state index contributed by atoms with van der Waals surface area (Å²) < 4.78 is 13.7. The quantitative estimate of drug-likeness (QED) is 0.908. The van der Waals surface area contributed by atoms with E-state index in [2.05, 4.69) is 39.8 Å². The fourth-order valence-corrected chi connectivity index (χ4v) is 3.42. The Morgan fingerprint density at radius 2 is 2.20 bits per heavy atom. The van der Waals surface area contributed by atoms with Gasteiger partial charge in [0.25, 0.3) is 0 Å². The van der Waals surface area contributed by atoms with Gasteiger partial charge < -0.3 is 10.0 Å². The van der Waals surface area contributed by atoms with Gasteiger partial charge in [0.15, 0.2) is 0 Å². The average molecular weight is 345 g/mol. The molecule has 0 bridgehead atoms. The zero-order chi connectivity index (χ0) is 14.7. The first kappa shape index (κ1) is 15.9. The molecule has 5 heteroatoms. The molecule has 0 aromatic heterocycles. The molecule has 0 saturated carbocycles. The molecule has 3 nitrogen and oxygen atoms in total. The van der Waals surface area contributed by atoms with Crippen molar-refractivity contribution < 1.29 is 9.50 Å².